The smallest absolute Gasteiger partial charge is 0.253 e. The molecule has 0 aliphatic carbocycles. The minimum atomic E-state index is -0.426. The van der Waals surface area contributed by atoms with Gasteiger partial charge in [-0.1, -0.05) is 37.6 Å². The number of halogens is 1. The molecule has 1 atom stereocenters. The molecular formula is C14H21ClN2O. The first kappa shape index (κ1) is 15.0. The van der Waals surface area contributed by atoms with Crippen LogP contribution in [0.2, 0.25) is 5.02 Å². The summed E-state index contributed by atoms with van der Waals surface area (Å²) in [6.45, 7) is 8.28. The predicted molar refractivity (Wildman–Crippen MR) is 76.0 cm³/mol. The van der Waals surface area contributed by atoms with E-state index >= 15 is 0 Å². The summed E-state index contributed by atoms with van der Waals surface area (Å²) in [5.74, 6) is 0.0698. The maximum absolute atomic E-state index is 12.2. The number of hydrogen-bond acceptors (Lipinski definition) is 2. The topological polar surface area (TPSA) is 55.1 Å². The lowest BCUT2D eigenvalue weighted by molar-refractivity contribution is 0.0883. The van der Waals surface area contributed by atoms with E-state index in [1.807, 2.05) is 39.8 Å². The Labute approximate surface area is 114 Å². The average molecular weight is 269 g/mol. The lowest BCUT2D eigenvalue weighted by atomic mass is 9.88. The zero-order valence-electron chi connectivity index (χ0n) is 11.4. The number of amides is 1. The van der Waals surface area contributed by atoms with Crippen LogP contribution < -0.4 is 11.1 Å². The zero-order valence-corrected chi connectivity index (χ0v) is 12.1. The normalized spacial score (nSPS) is 14.4. The van der Waals surface area contributed by atoms with Crippen molar-refractivity contribution in [2.45, 2.75) is 33.2 Å². The van der Waals surface area contributed by atoms with E-state index in [2.05, 4.69) is 5.32 Å². The molecule has 0 spiro atoms. The van der Waals surface area contributed by atoms with Crippen molar-refractivity contribution in [1.29, 1.82) is 0 Å². The second-order valence-electron chi connectivity index (χ2n) is 5.17. The van der Waals surface area contributed by atoms with Gasteiger partial charge in [-0.15, -0.1) is 0 Å². The van der Waals surface area contributed by atoms with Crippen molar-refractivity contribution in [1.82, 2.24) is 5.32 Å². The molecule has 3 N–H and O–H groups in total. The molecule has 0 aromatic heterocycles. The maximum Gasteiger partial charge on any atom is 0.253 e. The Bertz CT molecular complexity index is 445. The van der Waals surface area contributed by atoms with Gasteiger partial charge >= 0.3 is 0 Å². The summed E-state index contributed by atoms with van der Waals surface area (Å²) in [5.41, 5.74) is 6.72. The van der Waals surface area contributed by atoms with Crippen LogP contribution in [0.5, 0.6) is 0 Å². The molecule has 3 nitrogen and oxygen atoms in total. The predicted octanol–water partition coefficient (Wildman–Crippen LogP) is 2.75. The van der Waals surface area contributed by atoms with E-state index in [1.165, 1.54) is 0 Å². The van der Waals surface area contributed by atoms with E-state index < -0.39 is 5.54 Å². The number of rotatable bonds is 4. The van der Waals surface area contributed by atoms with Crippen LogP contribution >= 0.6 is 11.6 Å². The van der Waals surface area contributed by atoms with Crippen LogP contribution in [-0.2, 0) is 0 Å². The maximum atomic E-state index is 12.2. The number of aryl methyl sites for hydroxylation is 1. The summed E-state index contributed by atoms with van der Waals surface area (Å²) in [6.07, 6.45) is 0. The highest BCUT2D eigenvalue weighted by Crippen LogP contribution is 2.22. The first-order chi connectivity index (χ1) is 8.31. The molecule has 1 unspecified atom stereocenters. The van der Waals surface area contributed by atoms with Gasteiger partial charge in [-0.3, -0.25) is 4.79 Å². The quantitative estimate of drug-likeness (QED) is 0.882. The van der Waals surface area contributed by atoms with Crippen LogP contribution in [0.1, 0.15) is 36.7 Å². The SMILES string of the molecule is Cc1cccc(C(=O)NC(C)(CN)C(C)C)c1Cl. The van der Waals surface area contributed by atoms with E-state index in [4.69, 9.17) is 17.3 Å². The summed E-state index contributed by atoms with van der Waals surface area (Å²) in [4.78, 5) is 12.2. The minimum Gasteiger partial charge on any atom is -0.345 e. The van der Waals surface area contributed by atoms with Gasteiger partial charge in [0.05, 0.1) is 16.1 Å². The first-order valence-electron chi connectivity index (χ1n) is 6.09. The van der Waals surface area contributed by atoms with Crippen LogP contribution in [0.25, 0.3) is 0 Å². The van der Waals surface area contributed by atoms with Crippen molar-refractivity contribution >= 4 is 17.5 Å². The molecule has 1 aromatic carbocycles. The molecule has 0 fully saturated rings. The largest absolute Gasteiger partial charge is 0.345 e. The fourth-order valence-electron chi connectivity index (χ4n) is 1.58. The second kappa shape index (κ2) is 5.72. The van der Waals surface area contributed by atoms with Crippen LogP contribution in [-0.4, -0.2) is 18.0 Å². The Morgan fingerprint density at radius 2 is 2.11 bits per heavy atom. The van der Waals surface area contributed by atoms with E-state index in [-0.39, 0.29) is 11.8 Å². The summed E-state index contributed by atoms with van der Waals surface area (Å²) in [6, 6.07) is 5.43. The third-order valence-corrected chi connectivity index (χ3v) is 4.04. The van der Waals surface area contributed by atoms with Gasteiger partial charge in [-0.25, -0.2) is 0 Å². The van der Waals surface area contributed by atoms with Crippen LogP contribution in [0.15, 0.2) is 18.2 Å². The van der Waals surface area contributed by atoms with Crippen LogP contribution in [0.3, 0.4) is 0 Å². The number of nitrogens with one attached hydrogen (secondary N) is 1. The Kier molecular flexibility index (Phi) is 4.77. The van der Waals surface area contributed by atoms with Crippen molar-refractivity contribution in [2.24, 2.45) is 11.7 Å². The molecule has 0 aliphatic heterocycles. The number of nitrogens with two attached hydrogens (primary N) is 1. The van der Waals surface area contributed by atoms with Crippen molar-refractivity contribution < 1.29 is 4.79 Å². The zero-order chi connectivity index (χ0) is 13.9. The highest BCUT2D eigenvalue weighted by Gasteiger charge is 2.29. The van der Waals surface area contributed by atoms with E-state index in [1.54, 1.807) is 6.07 Å². The number of carbonyl (C=O) groups is 1. The second-order valence-corrected chi connectivity index (χ2v) is 5.54. The van der Waals surface area contributed by atoms with Crippen molar-refractivity contribution in [3.63, 3.8) is 0 Å². The van der Waals surface area contributed by atoms with Crippen molar-refractivity contribution in [3.8, 4) is 0 Å². The number of hydrogen-bond donors (Lipinski definition) is 2. The van der Waals surface area contributed by atoms with E-state index in [0.29, 0.717) is 17.1 Å². The Balaban J connectivity index is 2.99. The Hall–Kier alpha value is -1.06. The average Bonchev–Trinajstić information content (AvgIpc) is 2.32. The van der Waals surface area contributed by atoms with Crippen molar-refractivity contribution in [3.05, 3.63) is 34.3 Å². The fraction of sp³-hybridized carbons (Fsp3) is 0.500. The standard InChI is InChI=1S/C14H21ClN2O/c1-9(2)14(4,8-16)17-13(18)11-7-5-6-10(3)12(11)15/h5-7,9H,8,16H2,1-4H3,(H,17,18). The van der Waals surface area contributed by atoms with Gasteiger partial charge in [0.15, 0.2) is 0 Å². The Morgan fingerprint density at radius 3 is 2.61 bits per heavy atom. The summed E-state index contributed by atoms with van der Waals surface area (Å²) < 4.78 is 0. The molecule has 1 aromatic rings. The van der Waals surface area contributed by atoms with Gasteiger partial charge in [0.25, 0.3) is 5.91 Å². The molecule has 0 saturated carbocycles. The molecule has 0 aliphatic rings. The van der Waals surface area contributed by atoms with E-state index in [0.717, 1.165) is 5.56 Å². The molecule has 4 heteroatoms. The highest BCUT2D eigenvalue weighted by atomic mass is 35.5. The van der Waals surface area contributed by atoms with Crippen molar-refractivity contribution in [2.75, 3.05) is 6.54 Å². The lowest BCUT2D eigenvalue weighted by Crippen LogP contribution is -2.55. The Morgan fingerprint density at radius 1 is 1.50 bits per heavy atom. The molecule has 0 radical (unpaired) electrons. The van der Waals surface area contributed by atoms with Gasteiger partial charge in [0.1, 0.15) is 0 Å². The molecule has 1 rings (SSSR count). The molecule has 100 valence electrons. The minimum absolute atomic E-state index is 0.176. The van der Waals surface area contributed by atoms with Crippen LogP contribution in [0, 0.1) is 12.8 Å². The molecular weight excluding hydrogens is 248 g/mol. The molecule has 0 saturated heterocycles. The van der Waals surface area contributed by atoms with Gasteiger partial charge < -0.3 is 11.1 Å². The third-order valence-electron chi connectivity index (χ3n) is 3.53. The van der Waals surface area contributed by atoms with Gasteiger partial charge in [0.2, 0.25) is 0 Å². The summed E-state index contributed by atoms with van der Waals surface area (Å²) in [7, 11) is 0. The molecule has 0 bridgehead atoms. The third kappa shape index (κ3) is 3.03. The fourth-order valence-corrected chi connectivity index (χ4v) is 1.79. The number of benzene rings is 1. The lowest BCUT2D eigenvalue weighted by Gasteiger charge is -2.33. The summed E-state index contributed by atoms with van der Waals surface area (Å²) in [5, 5.41) is 3.48. The molecule has 0 heterocycles. The van der Waals surface area contributed by atoms with Gasteiger partial charge in [-0.2, -0.15) is 0 Å². The molecule has 1 amide bonds. The van der Waals surface area contributed by atoms with Gasteiger partial charge in [0, 0.05) is 6.54 Å². The van der Waals surface area contributed by atoms with Crippen LogP contribution in [0.4, 0.5) is 0 Å². The highest BCUT2D eigenvalue weighted by molar-refractivity contribution is 6.34. The molecule has 18 heavy (non-hydrogen) atoms. The number of carbonyl (C=O) groups excluding carboxylic acids is 1. The monoisotopic (exact) mass is 268 g/mol. The van der Waals surface area contributed by atoms with E-state index in [9.17, 15) is 4.79 Å². The summed E-state index contributed by atoms with van der Waals surface area (Å²) >= 11 is 6.15. The van der Waals surface area contributed by atoms with Gasteiger partial charge in [-0.05, 0) is 31.4 Å². The first-order valence-corrected chi connectivity index (χ1v) is 6.47.